The van der Waals surface area contributed by atoms with Crippen molar-refractivity contribution in [2.75, 3.05) is 58.4 Å². The highest BCUT2D eigenvalue weighted by atomic mass is 19.1. The van der Waals surface area contributed by atoms with Gasteiger partial charge < -0.3 is 25.2 Å². The number of nitrogens with zero attached hydrogens (tertiary/aromatic N) is 5. The fourth-order valence-corrected chi connectivity index (χ4v) is 3.41. The van der Waals surface area contributed by atoms with Gasteiger partial charge in [-0.3, -0.25) is 5.32 Å². The number of likely N-dealkylation sites (tertiary alicyclic amines) is 1. The molecule has 0 spiro atoms. The lowest BCUT2D eigenvalue weighted by Gasteiger charge is -2.37. The van der Waals surface area contributed by atoms with Crippen LogP contribution in [0.4, 0.5) is 20.7 Å². The molecule has 0 radical (unpaired) electrons. The standard InChI is InChI=1S/C21H30FN7O2/c1-27(2)10-11-29-8-6-16(7-9-29)28(3)21(30)26-19-13-20(25-14-24-19)31-18-5-4-15(23)12-17(18)22/h4-5,12-14,16H,6-11,23H2,1-3H3,(H,24,25,26,30). The van der Waals surface area contributed by atoms with Crippen molar-refractivity contribution in [1.29, 1.82) is 0 Å². The van der Waals surface area contributed by atoms with Crippen LogP contribution in [0.1, 0.15) is 12.8 Å². The molecule has 1 aromatic carbocycles. The first kappa shape index (κ1) is 22.7. The van der Waals surface area contributed by atoms with Gasteiger partial charge in [0, 0.05) is 57.1 Å². The van der Waals surface area contributed by atoms with E-state index in [1.165, 1.54) is 30.6 Å². The second kappa shape index (κ2) is 10.4. The second-order valence-corrected chi connectivity index (χ2v) is 7.95. The van der Waals surface area contributed by atoms with E-state index in [9.17, 15) is 9.18 Å². The van der Waals surface area contributed by atoms with Gasteiger partial charge in [0.1, 0.15) is 12.1 Å². The van der Waals surface area contributed by atoms with Crippen LogP contribution in [0.15, 0.2) is 30.6 Å². The molecule has 0 unspecified atom stereocenters. The molecule has 10 heteroatoms. The number of nitrogen functional groups attached to an aromatic ring is 1. The maximum Gasteiger partial charge on any atom is 0.323 e. The second-order valence-electron chi connectivity index (χ2n) is 7.95. The topological polar surface area (TPSA) is 99.8 Å². The van der Waals surface area contributed by atoms with Gasteiger partial charge in [-0.1, -0.05) is 0 Å². The summed E-state index contributed by atoms with van der Waals surface area (Å²) in [7, 11) is 5.93. The Bertz CT molecular complexity index is 888. The Hall–Kier alpha value is -2.98. The van der Waals surface area contributed by atoms with Crippen LogP contribution >= 0.6 is 0 Å². The first-order chi connectivity index (χ1) is 14.8. The molecule has 0 saturated carbocycles. The van der Waals surface area contributed by atoms with Crippen LogP contribution in [0.25, 0.3) is 0 Å². The van der Waals surface area contributed by atoms with E-state index in [-0.39, 0.29) is 29.5 Å². The molecule has 2 heterocycles. The van der Waals surface area contributed by atoms with Gasteiger partial charge in [-0.15, -0.1) is 0 Å². The summed E-state index contributed by atoms with van der Waals surface area (Å²) >= 11 is 0. The van der Waals surface area contributed by atoms with Crippen LogP contribution in [0, 0.1) is 5.82 Å². The number of aromatic nitrogens is 2. The van der Waals surface area contributed by atoms with Crippen molar-refractivity contribution in [3.63, 3.8) is 0 Å². The van der Waals surface area contributed by atoms with Gasteiger partial charge in [-0.25, -0.2) is 19.2 Å². The molecule has 1 aliphatic heterocycles. The van der Waals surface area contributed by atoms with Crippen molar-refractivity contribution >= 4 is 17.5 Å². The van der Waals surface area contributed by atoms with Crippen LogP contribution in [-0.4, -0.2) is 84.1 Å². The van der Waals surface area contributed by atoms with Gasteiger partial charge in [-0.05, 0) is 39.1 Å². The van der Waals surface area contributed by atoms with Crippen molar-refractivity contribution in [3.8, 4) is 11.6 Å². The smallest absolute Gasteiger partial charge is 0.323 e. The van der Waals surface area contributed by atoms with Crippen molar-refractivity contribution in [2.24, 2.45) is 0 Å². The number of amides is 2. The zero-order chi connectivity index (χ0) is 22.4. The number of piperidine rings is 1. The molecule has 1 aliphatic rings. The fourth-order valence-electron chi connectivity index (χ4n) is 3.41. The third-order valence-electron chi connectivity index (χ3n) is 5.34. The molecule has 0 bridgehead atoms. The van der Waals surface area contributed by atoms with Gasteiger partial charge in [-0.2, -0.15) is 0 Å². The van der Waals surface area contributed by atoms with Gasteiger partial charge >= 0.3 is 6.03 Å². The maximum absolute atomic E-state index is 13.9. The van der Waals surface area contributed by atoms with Crippen molar-refractivity contribution in [2.45, 2.75) is 18.9 Å². The van der Waals surface area contributed by atoms with E-state index in [4.69, 9.17) is 10.5 Å². The maximum atomic E-state index is 13.9. The van der Waals surface area contributed by atoms with Gasteiger partial charge in [0.25, 0.3) is 0 Å². The lowest BCUT2D eigenvalue weighted by molar-refractivity contribution is 0.135. The molecule has 3 rings (SSSR count). The summed E-state index contributed by atoms with van der Waals surface area (Å²) in [5.41, 5.74) is 5.84. The zero-order valence-electron chi connectivity index (χ0n) is 18.2. The highest BCUT2D eigenvalue weighted by molar-refractivity contribution is 5.88. The number of urea groups is 1. The van der Waals surface area contributed by atoms with Crippen LogP contribution < -0.4 is 15.8 Å². The number of carbonyl (C=O) groups excluding carboxylic acids is 1. The molecule has 0 atom stereocenters. The molecule has 1 aromatic heterocycles. The quantitative estimate of drug-likeness (QED) is 0.650. The molecule has 2 amide bonds. The Morgan fingerprint density at radius 2 is 2.00 bits per heavy atom. The molecular formula is C21H30FN7O2. The molecule has 1 saturated heterocycles. The molecule has 3 N–H and O–H groups in total. The monoisotopic (exact) mass is 431 g/mol. The highest BCUT2D eigenvalue weighted by Crippen LogP contribution is 2.25. The Balaban J connectivity index is 1.54. The Kier molecular flexibility index (Phi) is 7.59. The van der Waals surface area contributed by atoms with E-state index in [2.05, 4.69) is 39.2 Å². The Morgan fingerprint density at radius 3 is 2.68 bits per heavy atom. The zero-order valence-corrected chi connectivity index (χ0v) is 18.2. The fraction of sp³-hybridized carbons (Fsp3) is 0.476. The van der Waals surface area contributed by atoms with Crippen molar-refractivity contribution in [3.05, 3.63) is 36.4 Å². The van der Waals surface area contributed by atoms with Crippen LogP contribution in [0.2, 0.25) is 0 Å². The minimum absolute atomic E-state index is 0.0108. The average Bonchev–Trinajstić information content (AvgIpc) is 2.74. The third kappa shape index (κ3) is 6.50. The first-order valence-electron chi connectivity index (χ1n) is 10.3. The molecule has 1 fully saturated rings. The summed E-state index contributed by atoms with van der Waals surface area (Å²) in [6, 6.07) is 5.48. The van der Waals surface area contributed by atoms with Gasteiger partial charge in [0.15, 0.2) is 11.6 Å². The highest BCUT2D eigenvalue weighted by Gasteiger charge is 2.25. The van der Waals surface area contributed by atoms with E-state index in [1.807, 2.05) is 0 Å². The van der Waals surface area contributed by atoms with Crippen molar-refractivity contribution < 1.29 is 13.9 Å². The molecule has 2 aromatic rings. The van der Waals surface area contributed by atoms with E-state index in [0.717, 1.165) is 39.0 Å². The van der Waals surface area contributed by atoms with E-state index >= 15 is 0 Å². The Labute approximate surface area is 182 Å². The molecule has 9 nitrogen and oxygen atoms in total. The predicted octanol–water partition coefficient (Wildman–Crippen LogP) is 2.48. The number of nitrogens with two attached hydrogens (primary N) is 1. The lowest BCUT2D eigenvalue weighted by atomic mass is 10.0. The van der Waals surface area contributed by atoms with Gasteiger partial charge in [0.2, 0.25) is 5.88 Å². The number of hydrogen-bond donors (Lipinski definition) is 2. The third-order valence-corrected chi connectivity index (χ3v) is 5.34. The van der Waals surface area contributed by atoms with Crippen LogP contribution in [0.3, 0.4) is 0 Å². The Morgan fingerprint density at radius 1 is 1.26 bits per heavy atom. The summed E-state index contributed by atoms with van der Waals surface area (Å²) in [6.07, 6.45) is 3.10. The first-order valence-corrected chi connectivity index (χ1v) is 10.3. The molecule has 168 valence electrons. The molecular weight excluding hydrogens is 401 g/mol. The predicted molar refractivity (Wildman–Crippen MR) is 118 cm³/mol. The van der Waals surface area contributed by atoms with E-state index < -0.39 is 5.82 Å². The molecule has 0 aliphatic carbocycles. The summed E-state index contributed by atoms with van der Waals surface area (Å²) in [4.78, 5) is 27.0. The number of likely N-dealkylation sites (N-methyl/N-ethyl adjacent to an activating group) is 1. The van der Waals surface area contributed by atoms with E-state index in [1.54, 1.807) is 11.9 Å². The SMILES string of the molecule is CN(C)CCN1CCC(N(C)C(=O)Nc2cc(Oc3ccc(N)cc3F)ncn2)CC1. The molecule has 31 heavy (non-hydrogen) atoms. The van der Waals surface area contributed by atoms with Gasteiger partial charge in [0.05, 0.1) is 0 Å². The number of halogens is 1. The number of carbonyl (C=O) groups is 1. The summed E-state index contributed by atoms with van der Waals surface area (Å²) in [5, 5.41) is 2.76. The number of hydrogen-bond acceptors (Lipinski definition) is 7. The normalized spacial score (nSPS) is 15.1. The lowest BCUT2D eigenvalue weighted by Crippen LogP contribution is -2.48. The number of anilines is 2. The summed E-state index contributed by atoms with van der Waals surface area (Å²) in [6.45, 7) is 4.00. The number of benzene rings is 1. The number of ether oxygens (including phenoxy) is 1. The van der Waals surface area contributed by atoms with Crippen molar-refractivity contribution in [1.82, 2.24) is 24.7 Å². The van der Waals surface area contributed by atoms with Crippen LogP contribution in [-0.2, 0) is 0 Å². The minimum Gasteiger partial charge on any atom is -0.436 e. The largest absolute Gasteiger partial charge is 0.436 e. The van der Waals surface area contributed by atoms with E-state index in [0.29, 0.717) is 5.69 Å². The minimum atomic E-state index is -0.596. The average molecular weight is 432 g/mol. The van der Waals surface area contributed by atoms with Crippen LogP contribution in [0.5, 0.6) is 11.6 Å². The summed E-state index contributed by atoms with van der Waals surface area (Å²) < 4.78 is 19.4. The number of rotatable bonds is 7. The number of nitrogens with one attached hydrogen (secondary N) is 1. The summed E-state index contributed by atoms with van der Waals surface area (Å²) in [5.74, 6) is -0.212.